The highest BCUT2D eigenvalue weighted by Gasteiger charge is 2.19. The summed E-state index contributed by atoms with van der Waals surface area (Å²) in [4.78, 5) is 4.72. The van der Waals surface area contributed by atoms with Crippen LogP contribution in [0, 0.1) is 0 Å². The van der Waals surface area contributed by atoms with Crippen LogP contribution in [0.4, 0.5) is 0 Å². The Balaban J connectivity index is 2.18. The second-order valence-electron chi connectivity index (χ2n) is 5.34. The molecule has 0 saturated carbocycles. The first-order valence-corrected chi connectivity index (χ1v) is 7.82. The molecule has 2 heterocycles. The molecule has 22 heavy (non-hydrogen) atoms. The van der Waals surface area contributed by atoms with E-state index in [1.165, 1.54) is 0 Å². The molecule has 0 fully saturated rings. The van der Waals surface area contributed by atoms with E-state index in [1.807, 2.05) is 32.9 Å². The molecule has 1 atom stereocenters. The molecule has 5 heteroatoms. The Morgan fingerprint density at radius 1 is 1.23 bits per heavy atom. The van der Waals surface area contributed by atoms with Crippen molar-refractivity contribution in [3.63, 3.8) is 0 Å². The lowest BCUT2D eigenvalue weighted by atomic mass is 10.1. The minimum Gasteiger partial charge on any atom is -0.493 e. The van der Waals surface area contributed by atoms with Crippen molar-refractivity contribution in [1.82, 2.24) is 10.3 Å². The van der Waals surface area contributed by atoms with E-state index in [9.17, 15) is 0 Å². The molecule has 0 spiro atoms. The van der Waals surface area contributed by atoms with E-state index >= 15 is 0 Å². The molecule has 1 aromatic carbocycles. The van der Waals surface area contributed by atoms with E-state index < -0.39 is 0 Å². The van der Waals surface area contributed by atoms with Gasteiger partial charge in [0, 0.05) is 24.0 Å². The molecule has 1 aliphatic heterocycles. The van der Waals surface area contributed by atoms with E-state index in [1.54, 1.807) is 0 Å². The monoisotopic (exact) mass is 302 g/mol. The fourth-order valence-electron chi connectivity index (χ4n) is 2.66. The quantitative estimate of drug-likeness (QED) is 0.941. The van der Waals surface area contributed by atoms with E-state index in [0.717, 1.165) is 41.1 Å². The van der Waals surface area contributed by atoms with Crippen LogP contribution in [0.1, 0.15) is 26.3 Å². The van der Waals surface area contributed by atoms with E-state index in [4.69, 9.17) is 19.2 Å². The first-order chi connectivity index (χ1) is 10.7. The van der Waals surface area contributed by atoms with Crippen LogP contribution in [0.5, 0.6) is 17.4 Å². The molecule has 118 valence electrons. The lowest BCUT2D eigenvalue weighted by Gasteiger charge is -2.15. The maximum Gasteiger partial charge on any atom is 0.218 e. The highest BCUT2D eigenvalue weighted by Crippen LogP contribution is 2.36. The molecule has 0 bridgehead atoms. The molecule has 0 aliphatic carbocycles. The van der Waals surface area contributed by atoms with Crippen LogP contribution in [0.25, 0.3) is 10.9 Å². The van der Waals surface area contributed by atoms with E-state index in [2.05, 4.69) is 11.4 Å². The summed E-state index contributed by atoms with van der Waals surface area (Å²) in [5, 5.41) is 4.34. The van der Waals surface area contributed by atoms with Crippen molar-refractivity contribution in [3.05, 3.63) is 23.8 Å². The van der Waals surface area contributed by atoms with Crippen LogP contribution >= 0.6 is 0 Å². The second kappa shape index (κ2) is 6.40. The fraction of sp³-hybridized carbons (Fsp3) is 0.471. The van der Waals surface area contributed by atoms with Gasteiger partial charge in [0.2, 0.25) is 5.88 Å². The second-order valence-corrected chi connectivity index (χ2v) is 5.34. The molecule has 1 N–H and O–H groups in total. The average molecular weight is 302 g/mol. The van der Waals surface area contributed by atoms with Gasteiger partial charge in [-0.3, -0.25) is 0 Å². The lowest BCUT2D eigenvalue weighted by molar-refractivity contribution is 0.218. The summed E-state index contributed by atoms with van der Waals surface area (Å²) in [6, 6.07) is 5.95. The van der Waals surface area contributed by atoms with Crippen LogP contribution in [0.3, 0.4) is 0 Å². The molecule has 5 nitrogen and oxygen atoms in total. The van der Waals surface area contributed by atoms with Crippen LogP contribution in [-0.2, 0) is 6.54 Å². The van der Waals surface area contributed by atoms with Crippen LogP contribution in [-0.4, -0.2) is 30.8 Å². The van der Waals surface area contributed by atoms with Gasteiger partial charge in [-0.25, -0.2) is 4.98 Å². The summed E-state index contributed by atoms with van der Waals surface area (Å²) < 4.78 is 17.4. The van der Waals surface area contributed by atoms with Gasteiger partial charge in [0.25, 0.3) is 0 Å². The van der Waals surface area contributed by atoms with Gasteiger partial charge in [-0.2, -0.15) is 0 Å². The molecular weight excluding hydrogens is 280 g/mol. The number of ether oxygens (including phenoxy) is 3. The molecule has 0 unspecified atom stereocenters. The maximum atomic E-state index is 5.93. The van der Waals surface area contributed by atoms with Gasteiger partial charge < -0.3 is 19.5 Å². The SMILES string of the molecule is CCOc1ccc(OCC)c2nc3c(cc12)CNC[C@H](C)O3. The number of rotatable bonds is 4. The summed E-state index contributed by atoms with van der Waals surface area (Å²) in [5.74, 6) is 2.27. The highest BCUT2D eigenvalue weighted by molar-refractivity contribution is 5.91. The average Bonchev–Trinajstić information content (AvgIpc) is 2.68. The molecule has 0 radical (unpaired) electrons. The summed E-state index contributed by atoms with van der Waals surface area (Å²) in [5.41, 5.74) is 1.84. The fourth-order valence-corrected chi connectivity index (χ4v) is 2.66. The van der Waals surface area contributed by atoms with E-state index in [0.29, 0.717) is 19.1 Å². The predicted octanol–water partition coefficient (Wildman–Crippen LogP) is 2.90. The first kappa shape index (κ1) is 14.9. The number of nitrogens with zero attached hydrogens (tertiary/aromatic N) is 1. The van der Waals surface area contributed by atoms with Crippen molar-refractivity contribution >= 4 is 10.9 Å². The van der Waals surface area contributed by atoms with Crippen molar-refractivity contribution in [1.29, 1.82) is 0 Å². The molecule has 2 aromatic rings. The van der Waals surface area contributed by atoms with Crippen molar-refractivity contribution in [3.8, 4) is 17.4 Å². The Labute approximate surface area is 130 Å². The van der Waals surface area contributed by atoms with Crippen LogP contribution < -0.4 is 19.5 Å². The summed E-state index contributed by atoms with van der Waals surface area (Å²) in [7, 11) is 0. The number of hydrogen-bond donors (Lipinski definition) is 1. The third kappa shape index (κ3) is 2.81. The van der Waals surface area contributed by atoms with Gasteiger partial charge in [-0.1, -0.05) is 0 Å². The zero-order chi connectivity index (χ0) is 15.5. The zero-order valence-corrected chi connectivity index (χ0v) is 13.3. The van der Waals surface area contributed by atoms with Crippen molar-refractivity contribution in [2.24, 2.45) is 0 Å². The normalized spacial score (nSPS) is 17.5. The third-order valence-corrected chi connectivity index (χ3v) is 3.61. The molecule has 0 saturated heterocycles. The first-order valence-electron chi connectivity index (χ1n) is 7.82. The number of fused-ring (bicyclic) bond motifs is 2. The standard InChI is InChI=1S/C17H22N2O3/c1-4-20-14-6-7-15(21-5-2)16-13(14)8-12-10-18-9-11(3)22-17(12)19-16/h6-8,11,18H,4-5,9-10H2,1-3H3/t11-/m0/s1. The topological polar surface area (TPSA) is 52.6 Å². The number of benzene rings is 1. The Morgan fingerprint density at radius 3 is 2.73 bits per heavy atom. The number of aromatic nitrogens is 1. The molecule has 1 aromatic heterocycles. The Hall–Kier alpha value is -2.01. The summed E-state index contributed by atoms with van der Waals surface area (Å²) in [6.07, 6.45) is 0.0943. The number of nitrogens with one attached hydrogen (secondary N) is 1. The summed E-state index contributed by atoms with van der Waals surface area (Å²) in [6.45, 7) is 8.75. The van der Waals surface area contributed by atoms with Gasteiger partial charge in [0.15, 0.2) is 0 Å². The molecule has 3 rings (SSSR count). The lowest BCUT2D eigenvalue weighted by Crippen LogP contribution is -2.25. The minimum absolute atomic E-state index is 0.0943. The molecule has 1 aliphatic rings. The smallest absolute Gasteiger partial charge is 0.218 e. The Morgan fingerprint density at radius 2 is 1.95 bits per heavy atom. The Bertz CT molecular complexity index is 672. The minimum atomic E-state index is 0.0943. The summed E-state index contributed by atoms with van der Waals surface area (Å²) >= 11 is 0. The zero-order valence-electron chi connectivity index (χ0n) is 13.3. The third-order valence-electron chi connectivity index (χ3n) is 3.61. The van der Waals surface area contributed by atoms with Gasteiger partial charge in [0.05, 0.1) is 13.2 Å². The number of pyridine rings is 1. The number of hydrogen-bond acceptors (Lipinski definition) is 5. The van der Waals surface area contributed by atoms with Gasteiger partial charge in [-0.05, 0) is 39.0 Å². The van der Waals surface area contributed by atoms with Crippen LogP contribution in [0.15, 0.2) is 18.2 Å². The maximum absolute atomic E-state index is 5.93. The van der Waals surface area contributed by atoms with E-state index in [-0.39, 0.29) is 6.10 Å². The van der Waals surface area contributed by atoms with Gasteiger partial charge in [-0.15, -0.1) is 0 Å². The van der Waals surface area contributed by atoms with Gasteiger partial charge >= 0.3 is 0 Å². The largest absolute Gasteiger partial charge is 0.493 e. The molecule has 0 amide bonds. The highest BCUT2D eigenvalue weighted by atomic mass is 16.5. The van der Waals surface area contributed by atoms with Crippen molar-refractivity contribution in [2.45, 2.75) is 33.4 Å². The van der Waals surface area contributed by atoms with Crippen molar-refractivity contribution in [2.75, 3.05) is 19.8 Å². The van der Waals surface area contributed by atoms with Gasteiger partial charge in [0.1, 0.15) is 23.1 Å². The van der Waals surface area contributed by atoms with Crippen molar-refractivity contribution < 1.29 is 14.2 Å². The predicted molar refractivity (Wildman–Crippen MR) is 85.9 cm³/mol. The molecular formula is C17H22N2O3. The van der Waals surface area contributed by atoms with Crippen LogP contribution in [0.2, 0.25) is 0 Å². The Kier molecular flexibility index (Phi) is 4.34.